The summed E-state index contributed by atoms with van der Waals surface area (Å²) in [7, 11) is 0. The fraction of sp³-hybridized carbons (Fsp3) is 0.391. The highest BCUT2D eigenvalue weighted by Gasteiger charge is 2.25. The van der Waals surface area contributed by atoms with E-state index < -0.39 is 11.9 Å². The number of aliphatic carboxylic acids is 1. The summed E-state index contributed by atoms with van der Waals surface area (Å²) in [5, 5.41) is 20.9. The molecular formula is C23H28N4O3. The predicted molar refractivity (Wildman–Crippen MR) is 115 cm³/mol. The Morgan fingerprint density at radius 1 is 1.13 bits per heavy atom. The number of rotatable bonds is 5. The molecule has 2 heterocycles. The van der Waals surface area contributed by atoms with Crippen molar-refractivity contribution in [3.05, 3.63) is 64.7 Å². The van der Waals surface area contributed by atoms with Crippen LogP contribution in [0.1, 0.15) is 41.0 Å². The van der Waals surface area contributed by atoms with E-state index in [1.54, 1.807) is 4.90 Å². The summed E-state index contributed by atoms with van der Waals surface area (Å²) in [6, 6.07) is 13.3. The van der Waals surface area contributed by atoms with Gasteiger partial charge in [-0.3, -0.25) is 10.2 Å². The summed E-state index contributed by atoms with van der Waals surface area (Å²) < 4.78 is 6.04. The van der Waals surface area contributed by atoms with E-state index in [9.17, 15) is 9.90 Å². The van der Waals surface area contributed by atoms with Crippen LogP contribution in [0.4, 0.5) is 0 Å². The number of hydrogen-bond acceptors (Lipinski definition) is 4. The van der Waals surface area contributed by atoms with Crippen LogP contribution in [0.2, 0.25) is 0 Å². The van der Waals surface area contributed by atoms with Crippen molar-refractivity contribution < 1.29 is 14.6 Å². The van der Waals surface area contributed by atoms with Crippen LogP contribution in [0.5, 0.6) is 5.75 Å². The van der Waals surface area contributed by atoms with Gasteiger partial charge in [-0.2, -0.15) is 0 Å². The van der Waals surface area contributed by atoms with Crippen molar-refractivity contribution in [1.82, 2.24) is 10.2 Å². The minimum Gasteiger partial charge on any atom is -0.490 e. The highest BCUT2D eigenvalue weighted by molar-refractivity contribution is 5.80. The van der Waals surface area contributed by atoms with E-state index in [1.165, 1.54) is 5.56 Å². The van der Waals surface area contributed by atoms with Crippen molar-refractivity contribution in [3.63, 3.8) is 0 Å². The first-order valence-corrected chi connectivity index (χ1v) is 10.4. The molecule has 30 heavy (non-hydrogen) atoms. The van der Waals surface area contributed by atoms with Gasteiger partial charge in [0.15, 0.2) is 5.96 Å². The summed E-state index contributed by atoms with van der Waals surface area (Å²) in [6.07, 6.45) is 2.96. The van der Waals surface area contributed by atoms with E-state index in [0.717, 1.165) is 54.8 Å². The van der Waals surface area contributed by atoms with Gasteiger partial charge in [0.05, 0.1) is 0 Å². The Balaban J connectivity index is 1.55. The lowest BCUT2D eigenvalue weighted by Crippen LogP contribution is -2.40. The molecule has 0 aromatic heterocycles. The number of piperidine rings is 1. The Morgan fingerprint density at radius 2 is 1.83 bits per heavy atom. The molecule has 7 nitrogen and oxygen atoms in total. The normalized spacial score (nSPS) is 17.8. The van der Waals surface area contributed by atoms with Crippen molar-refractivity contribution in [1.29, 1.82) is 5.41 Å². The van der Waals surface area contributed by atoms with Crippen LogP contribution in [0.3, 0.4) is 0 Å². The molecule has 1 saturated heterocycles. The van der Waals surface area contributed by atoms with Gasteiger partial charge in [0.2, 0.25) is 0 Å². The average molecular weight is 409 g/mol. The lowest BCUT2D eigenvalue weighted by Gasteiger charge is -2.29. The van der Waals surface area contributed by atoms with E-state index in [4.69, 9.17) is 15.9 Å². The number of nitrogens with zero attached hydrogens (tertiary/aromatic N) is 1. The first kappa shape index (κ1) is 20.2. The van der Waals surface area contributed by atoms with Crippen LogP contribution in [-0.4, -0.2) is 47.7 Å². The smallest absolute Gasteiger partial charge is 0.315 e. The quantitative estimate of drug-likeness (QED) is 0.446. The highest BCUT2D eigenvalue weighted by atomic mass is 16.5. The number of benzene rings is 2. The second-order valence-corrected chi connectivity index (χ2v) is 7.99. The molecule has 1 atom stereocenters. The first-order chi connectivity index (χ1) is 14.5. The maximum atomic E-state index is 12.1. The monoisotopic (exact) mass is 408 g/mol. The number of fused-ring (bicyclic) bond motifs is 1. The summed E-state index contributed by atoms with van der Waals surface area (Å²) in [6.45, 7) is 3.17. The fourth-order valence-corrected chi connectivity index (χ4v) is 4.28. The average Bonchev–Trinajstić information content (AvgIpc) is 2.75. The number of ether oxygens (including phenoxy) is 1. The van der Waals surface area contributed by atoms with Gasteiger partial charge in [0.25, 0.3) is 0 Å². The van der Waals surface area contributed by atoms with Gasteiger partial charge in [-0.1, -0.05) is 30.3 Å². The third kappa shape index (κ3) is 4.41. The van der Waals surface area contributed by atoms with Crippen molar-refractivity contribution >= 4 is 11.9 Å². The number of carbonyl (C=O) groups is 1. The summed E-state index contributed by atoms with van der Waals surface area (Å²) in [5.74, 6) is -0.820. The van der Waals surface area contributed by atoms with Crippen LogP contribution in [-0.2, 0) is 17.8 Å². The molecule has 158 valence electrons. The first-order valence-electron chi connectivity index (χ1n) is 10.4. The fourth-order valence-electron chi connectivity index (χ4n) is 4.28. The zero-order chi connectivity index (χ0) is 21.1. The Bertz CT molecular complexity index is 923. The third-order valence-electron chi connectivity index (χ3n) is 5.97. The lowest BCUT2D eigenvalue weighted by molar-refractivity contribution is -0.137. The molecule has 0 radical (unpaired) electrons. The standard InChI is InChI=1S/C23H28N4O3/c24-23(25)27-12-9-15-1-2-17(13-18(15)14-27)21(22(28)29)16-3-5-19(6-4-16)30-20-7-10-26-11-8-20/h1-6,13,20-21,26H,7-12,14H2,(H3,24,25)(H,28,29). The SMILES string of the molecule is N=C(N)N1CCc2ccc(C(C(=O)O)c3ccc(OC4CCNCC4)cc3)cc2C1. The lowest BCUT2D eigenvalue weighted by atomic mass is 9.87. The Labute approximate surface area is 176 Å². The van der Waals surface area contributed by atoms with Crippen LogP contribution >= 0.6 is 0 Å². The van der Waals surface area contributed by atoms with Crippen LogP contribution in [0.15, 0.2) is 42.5 Å². The molecule has 0 bridgehead atoms. The number of nitrogens with two attached hydrogens (primary N) is 1. The summed E-state index contributed by atoms with van der Waals surface area (Å²) in [4.78, 5) is 13.9. The molecule has 0 saturated carbocycles. The number of guanidine groups is 1. The number of carboxylic acid groups (broad SMARTS) is 1. The Hall–Kier alpha value is -3.06. The van der Waals surface area contributed by atoms with Gasteiger partial charge in [-0.05, 0) is 66.7 Å². The van der Waals surface area contributed by atoms with Gasteiger partial charge >= 0.3 is 5.97 Å². The van der Waals surface area contributed by atoms with Crippen molar-refractivity contribution in [2.75, 3.05) is 19.6 Å². The van der Waals surface area contributed by atoms with Gasteiger partial charge in [-0.15, -0.1) is 0 Å². The van der Waals surface area contributed by atoms with Gasteiger partial charge in [0, 0.05) is 13.1 Å². The van der Waals surface area contributed by atoms with Crippen LogP contribution < -0.4 is 15.8 Å². The predicted octanol–water partition coefficient (Wildman–Crippen LogP) is 2.29. The molecule has 4 rings (SSSR count). The minimum atomic E-state index is -0.888. The van der Waals surface area contributed by atoms with E-state index in [-0.39, 0.29) is 12.1 Å². The second-order valence-electron chi connectivity index (χ2n) is 7.99. The zero-order valence-electron chi connectivity index (χ0n) is 16.9. The maximum Gasteiger partial charge on any atom is 0.315 e. The molecule has 5 N–H and O–H groups in total. The zero-order valence-corrected chi connectivity index (χ0v) is 16.9. The van der Waals surface area contributed by atoms with E-state index in [1.807, 2.05) is 42.5 Å². The minimum absolute atomic E-state index is 0.0465. The molecule has 0 amide bonds. The largest absolute Gasteiger partial charge is 0.490 e. The van der Waals surface area contributed by atoms with Crippen LogP contribution in [0, 0.1) is 5.41 Å². The maximum absolute atomic E-state index is 12.1. The van der Waals surface area contributed by atoms with Gasteiger partial charge in [-0.25, -0.2) is 0 Å². The molecule has 2 aromatic rings. The molecule has 1 fully saturated rings. The molecule has 1 unspecified atom stereocenters. The van der Waals surface area contributed by atoms with Crippen molar-refractivity contribution in [3.8, 4) is 5.75 Å². The number of carboxylic acids is 1. The summed E-state index contributed by atoms with van der Waals surface area (Å²) in [5.41, 5.74) is 9.32. The second kappa shape index (κ2) is 8.75. The van der Waals surface area contributed by atoms with Gasteiger partial charge < -0.3 is 25.8 Å². The topological polar surface area (TPSA) is 112 Å². The van der Waals surface area contributed by atoms with Gasteiger partial charge in [0.1, 0.15) is 17.8 Å². The third-order valence-corrected chi connectivity index (χ3v) is 5.97. The molecule has 2 aromatic carbocycles. The summed E-state index contributed by atoms with van der Waals surface area (Å²) >= 11 is 0. The van der Waals surface area contributed by atoms with Crippen molar-refractivity contribution in [2.24, 2.45) is 5.73 Å². The van der Waals surface area contributed by atoms with E-state index in [2.05, 4.69) is 5.32 Å². The highest BCUT2D eigenvalue weighted by Crippen LogP contribution is 2.30. The van der Waals surface area contributed by atoms with E-state index in [0.29, 0.717) is 13.1 Å². The molecule has 0 aliphatic carbocycles. The molecular weight excluding hydrogens is 380 g/mol. The number of nitrogens with one attached hydrogen (secondary N) is 2. The molecule has 0 spiro atoms. The molecule has 2 aliphatic rings. The number of hydrogen-bond donors (Lipinski definition) is 4. The molecule has 2 aliphatic heterocycles. The van der Waals surface area contributed by atoms with Crippen LogP contribution in [0.25, 0.3) is 0 Å². The van der Waals surface area contributed by atoms with E-state index >= 15 is 0 Å². The Morgan fingerprint density at radius 3 is 2.50 bits per heavy atom. The molecule has 7 heteroatoms. The van der Waals surface area contributed by atoms with Crippen molar-refractivity contribution in [2.45, 2.75) is 37.8 Å². The Kier molecular flexibility index (Phi) is 5.90.